The number of hydrogen-bond acceptors (Lipinski definition) is 3. The van der Waals surface area contributed by atoms with Gasteiger partial charge >= 0.3 is 0 Å². The molecule has 1 rings (SSSR count). The molecule has 0 bridgehead atoms. The van der Waals surface area contributed by atoms with Crippen LogP contribution in [0.15, 0.2) is 24.3 Å². The molecule has 0 radical (unpaired) electrons. The van der Waals surface area contributed by atoms with Crippen LogP contribution in [0.25, 0.3) is 0 Å². The van der Waals surface area contributed by atoms with Gasteiger partial charge in [0.25, 0.3) is 0 Å². The van der Waals surface area contributed by atoms with Crippen LogP contribution >= 0.6 is 0 Å². The molecular formula is C10H12N2O2. The van der Waals surface area contributed by atoms with Crippen molar-refractivity contribution in [1.82, 2.24) is 5.32 Å². The molecule has 4 nitrogen and oxygen atoms in total. The minimum atomic E-state index is -0.0792. The molecule has 0 spiro atoms. The molecule has 0 fully saturated rings. The Balaban J connectivity index is 2.51. The number of likely N-dealkylation sites (N-methyl/N-ethyl adjacent to an activating group) is 1. The average Bonchev–Trinajstić information content (AvgIpc) is 2.26. The molecular weight excluding hydrogens is 180 g/mol. The highest BCUT2D eigenvalue weighted by Crippen LogP contribution is 2.07. The van der Waals surface area contributed by atoms with Gasteiger partial charge in [0, 0.05) is 18.3 Å². The van der Waals surface area contributed by atoms with Gasteiger partial charge in [-0.1, -0.05) is 0 Å². The summed E-state index contributed by atoms with van der Waals surface area (Å²) >= 11 is 0. The van der Waals surface area contributed by atoms with Crippen LogP contribution in [0.1, 0.15) is 10.4 Å². The number of carbonyl (C=O) groups excluding carboxylic acids is 2. The zero-order valence-corrected chi connectivity index (χ0v) is 7.91. The number of hydrogen-bond donors (Lipinski definition) is 2. The second kappa shape index (κ2) is 5.01. The van der Waals surface area contributed by atoms with Gasteiger partial charge in [0.05, 0.1) is 6.54 Å². The van der Waals surface area contributed by atoms with Gasteiger partial charge in [0.2, 0.25) is 5.91 Å². The molecule has 1 amide bonds. The average molecular weight is 192 g/mol. The molecule has 0 atom stereocenters. The number of carbonyl (C=O) groups is 2. The van der Waals surface area contributed by atoms with E-state index >= 15 is 0 Å². The molecule has 2 N–H and O–H groups in total. The maximum Gasteiger partial charge on any atom is 0.239 e. The fourth-order valence-electron chi connectivity index (χ4n) is 0.950. The zero-order valence-electron chi connectivity index (χ0n) is 7.91. The summed E-state index contributed by atoms with van der Waals surface area (Å²) in [6, 6.07) is 6.90. The van der Waals surface area contributed by atoms with Gasteiger partial charge in [0.15, 0.2) is 0 Å². The summed E-state index contributed by atoms with van der Waals surface area (Å²) < 4.78 is 0. The lowest BCUT2D eigenvalue weighted by atomic mass is 10.2. The van der Waals surface area contributed by atoms with Gasteiger partial charge in [-0.3, -0.25) is 9.59 Å². The van der Waals surface area contributed by atoms with Gasteiger partial charge in [-0.2, -0.15) is 0 Å². The predicted molar refractivity (Wildman–Crippen MR) is 54.4 cm³/mol. The van der Waals surface area contributed by atoms with E-state index in [2.05, 4.69) is 10.6 Å². The highest BCUT2D eigenvalue weighted by atomic mass is 16.1. The Morgan fingerprint density at radius 2 is 2.00 bits per heavy atom. The van der Waals surface area contributed by atoms with E-state index in [4.69, 9.17) is 0 Å². The number of nitrogens with one attached hydrogen (secondary N) is 2. The third-order valence-electron chi connectivity index (χ3n) is 1.78. The molecule has 1 aromatic carbocycles. The maximum atomic E-state index is 10.9. The number of benzene rings is 1. The topological polar surface area (TPSA) is 58.2 Å². The van der Waals surface area contributed by atoms with Crippen LogP contribution in [0.2, 0.25) is 0 Å². The molecule has 0 heterocycles. The third-order valence-corrected chi connectivity index (χ3v) is 1.78. The second-order valence-corrected chi connectivity index (χ2v) is 2.77. The fourth-order valence-corrected chi connectivity index (χ4v) is 0.950. The number of rotatable bonds is 4. The molecule has 0 aliphatic rings. The summed E-state index contributed by atoms with van der Waals surface area (Å²) in [5.74, 6) is -0.0792. The lowest BCUT2D eigenvalue weighted by Gasteiger charge is -2.04. The van der Waals surface area contributed by atoms with Crippen molar-refractivity contribution in [3.63, 3.8) is 0 Å². The second-order valence-electron chi connectivity index (χ2n) is 2.77. The van der Waals surface area contributed by atoms with E-state index in [1.165, 1.54) is 0 Å². The van der Waals surface area contributed by atoms with Gasteiger partial charge in [-0.25, -0.2) is 0 Å². The van der Waals surface area contributed by atoms with Crippen LogP contribution in [0.3, 0.4) is 0 Å². The maximum absolute atomic E-state index is 10.9. The molecule has 4 heteroatoms. The van der Waals surface area contributed by atoms with Crippen molar-refractivity contribution in [3.05, 3.63) is 29.8 Å². The van der Waals surface area contributed by atoms with Crippen molar-refractivity contribution in [3.8, 4) is 0 Å². The monoisotopic (exact) mass is 192 g/mol. The molecule has 0 aliphatic carbocycles. The Morgan fingerprint density at radius 3 is 2.50 bits per heavy atom. The van der Waals surface area contributed by atoms with E-state index < -0.39 is 0 Å². The smallest absolute Gasteiger partial charge is 0.239 e. The minimum Gasteiger partial charge on any atom is -0.376 e. The van der Waals surface area contributed by atoms with Crippen LogP contribution in [-0.4, -0.2) is 25.8 Å². The van der Waals surface area contributed by atoms with E-state index in [0.29, 0.717) is 5.56 Å². The van der Waals surface area contributed by atoms with Crippen molar-refractivity contribution in [2.45, 2.75) is 0 Å². The SMILES string of the molecule is CNC(=O)CNc1ccc(C=O)cc1. The first kappa shape index (κ1) is 10.2. The Bertz CT molecular complexity index is 319. The first-order valence-corrected chi connectivity index (χ1v) is 4.26. The number of aldehydes is 1. The van der Waals surface area contributed by atoms with Crippen molar-refractivity contribution in [2.24, 2.45) is 0 Å². The fraction of sp³-hybridized carbons (Fsp3) is 0.200. The lowest BCUT2D eigenvalue weighted by molar-refractivity contribution is -0.118. The number of amides is 1. The highest BCUT2D eigenvalue weighted by molar-refractivity contribution is 5.80. The first-order chi connectivity index (χ1) is 6.76. The normalized spacial score (nSPS) is 9.21. The molecule has 0 aliphatic heterocycles. The first-order valence-electron chi connectivity index (χ1n) is 4.26. The van der Waals surface area contributed by atoms with Gasteiger partial charge in [-0.05, 0) is 24.3 Å². The van der Waals surface area contributed by atoms with Gasteiger partial charge in [0.1, 0.15) is 6.29 Å². The van der Waals surface area contributed by atoms with E-state index in [1.54, 1.807) is 31.3 Å². The van der Waals surface area contributed by atoms with Crippen molar-refractivity contribution in [1.29, 1.82) is 0 Å². The van der Waals surface area contributed by atoms with Crippen molar-refractivity contribution >= 4 is 17.9 Å². The standard InChI is InChI=1S/C10H12N2O2/c1-11-10(14)6-12-9-4-2-8(7-13)3-5-9/h2-5,7,12H,6H2,1H3,(H,11,14). The highest BCUT2D eigenvalue weighted by Gasteiger charge is 1.97. The van der Waals surface area contributed by atoms with Crippen molar-refractivity contribution in [2.75, 3.05) is 18.9 Å². The van der Waals surface area contributed by atoms with Crippen LogP contribution in [-0.2, 0) is 4.79 Å². The quantitative estimate of drug-likeness (QED) is 0.689. The molecule has 0 saturated heterocycles. The predicted octanol–water partition coefficient (Wildman–Crippen LogP) is 0.657. The largest absolute Gasteiger partial charge is 0.376 e. The van der Waals surface area contributed by atoms with E-state index in [0.717, 1.165) is 12.0 Å². The third kappa shape index (κ3) is 2.90. The Morgan fingerprint density at radius 1 is 1.36 bits per heavy atom. The summed E-state index contributed by atoms with van der Waals surface area (Å²) in [6.45, 7) is 0.233. The minimum absolute atomic E-state index is 0.0792. The summed E-state index contributed by atoms with van der Waals surface area (Å²) in [5.41, 5.74) is 1.44. The van der Waals surface area contributed by atoms with Crippen LogP contribution in [0.4, 0.5) is 5.69 Å². The summed E-state index contributed by atoms with van der Waals surface area (Å²) in [6.07, 6.45) is 0.780. The molecule has 0 aromatic heterocycles. The van der Waals surface area contributed by atoms with E-state index in [1.807, 2.05) is 0 Å². The Hall–Kier alpha value is -1.84. The summed E-state index contributed by atoms with van der Waals surface area (Å²) in [4.78, 5) is 21.2. The van der Waals surface area contributed by atoms with Crippen LogP contribution in [0, 0.1) is 0 Å². The zero-order chi connectivity index (χ0) is 10.4. The molecule has 14 heavy (non-hydrogen) atoms. The van der Waals surface area contributed by atoms with E-state index in [-0.39, 0.29) is 12.5 Å². The van der Waals surface area contributed by atoms with E-state index in [9.17, 15) is 9.59 Å². The van der Waals surface area contributed by atoms with Crippen LogP contribution < -0.4 is 10.6 Å². The lowest BCUT2D eigenvalue weighted by Crippen LogP contribution is -2.26. The Labute approximate surface area is 82.3 Å². The van der Waals surface area contributed by atoms with Gasteiger partial charge in [-0.15, -0.1) is 0 Å². The molecule has 0 saturated carbocycles. The van der Waals surface area contributed by atoms with Gasteiger partial charge < -0.3 is 10.6 Å². The van der Waals surface area contributed by atoms with Crippen LogP contribution in [0.5, 0.6) is 0 Å². The molecule has 0 unspecified atom stereocenters. The molecule has 1 aromatic rings. The van der Waals surface area contributed by atoms with Crippen molar-refractivity contribution < 1.29 is 9.59 Å². The molecule has 74 valence electrons. The summed E-state index contributed by atoms with van der Waals surface area (Å²) in [7, 11) is 1.58. The Kier molecular flexibility index (Phi) is 3.67. The summed E-state index contributed by atoms with van der Waals surface area (Å²) in [5, 5.41) is 5.42. The number of anilines is 1.